The summed E-state index contributed by atoms with van der Waals surface area (Å²) in [5.41, 5.74) is 5.86. The van der Waals surface area contributed by atoms with Crippen LogP contribution in [0.2, 0.25) is 0 Å². The van der Waals surface area contributed by atoms with Gasteiger partial charge in [-0.25, -0.2) is 0 Å². The molecule has 0 radical (unpaired) electrons. The van der Waals surface area contributed by atoms with E-state index in [4.69, 9.17) is 10.5 Å². The lowest BCUT2D eigenvalue weighted by atomic mass is 9.77. The molecule has 10 heavy (non-hydrogen) atoms. The lowest BCUT2D eigenvalue weighted by molar-refractivity contribution is -0.0668. The number of hydrogen-bond donors (Lipinski definition) is 1. The van der Waals surface area contributed by atoms with Crippen LogP contribution in [0.25, 0.3) is 0 Å². The maximum Gasteiger partial charge on any atom is 0.0613 e. The van der Waals surface area contributed by atoms with Gasteiger partial charge in [0.15, 0.2) is 0 Å². The zero-order valence-corrected chi connectivity index (χ0v) is 7.05. The zero-order chi connectivity index (χ0) is 7.78. The molecule has 0 heterocycles. The molecule has 0 amide bonds. The highest BCUT2D eigenvalue weighted by Gasteiger charge is 2.37. The lowest BCUT2D eigenvalue weighted by Crippen LogP contribution is -2.53. The van der Waals surface area contributed by atoms with Crippen molar-refractivity contribution >= 4 is 0 Å². The minimum Gasteiger partial charge on any atom is -0.375 e. The highest BCUT2D eigenvalue weighted by atomic mass is 16.5. The Labute approximate surface area is 62.7 Å². The third-order valence-corrected chi connectivity index (χ3v) is 1.85. The summed E-state index contributed by atoms with van der Waals surface area (Å²) >= 11 is 0. The summed E-state index contributed by atoms with van der Waals surface area (Å²) in [5, 5.41) is 0. The van der Waals surface area contributed by atoms with Gasteiger partial charge in [0.05, 0.1) is 12.2 Å². The van der Waals surface area contributed by atoms with Gasteiger partial charge >= 0.3 is 0 Å². The Morgan fingerprint density at radius 3 is 2.30 bits per heavy atom. The fraction of sp³-hybridized carbons (Fsp3) is 1.00. The summed E-state index contributed by atoms with van der Waals surface area (Å²) in [6.45, 7) is 6.20. The Morgan fingerprint density at radius 2 is 2.00 bits per heavy atom. The molecule has 0 aliphatic heterocycles. The summed E-state index contributed by atoms with van der Waals surface area (Å²) in [5.74, 6) is 0. The topological polar surface area (TPSA) is 35.2 Å². The molecule has 0 aromatic carbocycles. The van der Waals surface area contributed by atoms with E-state index in [1.165, 1.54) is 0 Å². The zero-order valence-electron chi connectivity index (χ0n) is 7.05. The molecule has 1 fully saturated rings. The first-order valence-corrected chi connectivity index (χ1v) is 3.94. The van der Waals surface area contributed by atoms with Gasteiger partial charge in [-0.1, -0.05) is 0 Å². The first-order chi connectivity index (χ1) is 4.49. The van der Waals surface area contributed by atoms with Crippen LogP contribution in [0.1, 0.15) is 33.6 Å². The van der Waals surface area contributed by atoms with Crippen LogP contribution in [0.15, 0.2) is 0 Å². The van der Waals surface area contributed by atoms with Gasteiger partial charge < -0.3 is 10.5 Å². The molecular weight excluding hydrogens is 126 g/mol. The molecule has 2 heteroatoms. The fourth-order valence-electron chi connectivity index (χ4n) is 1.46. The number of rotatable bonds is 2. The molecule has 1 aliphatic rings. The van der Waals surface area contributed by atoms with Crippen LogP contribution in [0, 0.1) is 0 Å². The second-order valence-corrected chi connectivity index (χ2v) is 3.87. The van der Waals surface area contributed by atoms with E-state index in [-0.39, 0.29) is 5.54 Å². The standard InChI is InChI=1S/C8H17NO/c1-6(2)10-7-4-8(3,9)5-7/h6-7H,4-5,9H2,1-3H3/t7-,8-. The summed E-state index contributed by atoms with van der Waals surface area (Å²) in [4.78, 5) is 0. The molecule has 0 spiro atoms. The normalized spacial score (nSPS) is 39.9. The molecule has 0 unspecified atom stereocenters. The van der Waals surface area contributed by atoms with E-state index in [2.05, 4.69) is 20.8 Å². The summed E-state index contributed by atoms with van der Waals surface area (Å²) in [7, 11) is 0. The largest absolute Gasteiger partial charge is 0.375 e. The van der Waals surface area contributed by atoms with Gasteiger partial charge in [0.1, 0.15) is 0 Å². The molecule has 1 saturated carbocycles. The first-order valence-electron chi connectivity index (χ1n) is 3.94. The van der Waals surface area contributed by atoms with Gasteiger partial charge in [-0.2, -0.15) is 0 Å². The van der Waals surface area contributed by atoms with Gasteiger partial charge in [-0.3, -0.25) is 0 Å². The maximum absolute atomic E-state index is 5.81. The van der Waals surface area contributed by atoms with Crippen molar-refractivity contribution in [2.45, 2.75) is 51.4 Å². The smallest absolute Gasteiger partial charge is 0.0613 e. The van der Waals surface area contributed by atoms with E-state index in [9.17, 15) is 0 Å². The molecule has 1 aliphatic carbocycles. The second kappa shape index (κ2) is 2.51. The van der Waals surface area contributed by atoms with E-state index >= 15 is 0 Å². The van der Waals surface area contributed by atoms with Crippen LogP contribution in [0.3, 0.4) is 0 Å². The van der Waals surface area contributed by atoms with Crippen molar-refractivity contribution in [1.29, 1.82) is 0 Å². The average Bonchev–Trinajstić information content (AvgIpc) is 1.57. The van der Waals surface area contributed by atoms with Crippen molar-refractivity contribution in [2.24, 2.45) is 5.73 Å². The molecule has 2 nitrogen and oxygen atoms in total. The average molecular weight is 143 g/mol. The minimum absolute atomic E-state index is 0.0551. The molecule has 0 aromatic heterocycles. The highest BCUT2D eigenvalue weighted by Crippen LogP contribution is 2.32. The third kappa shape index (κ3) is 1.96. The summed E-state index contributed by atoms with van der Waals surface area (Å²) < 4.78 is 5.54. The molecule has 60 valence electrons. The quantitative estimate of drug-likeness (QED) is 0.632. The van der Waals surface area contributed by atoms with Gasteiger partial charge in [-0.15, -0.1) is 0 Å². The van der Waals surface area contributed by atoms with Crippen molar-refractivity contribution in [3.8, 4) is 0 Å². The first kappa shape index (κ1) is 8.02. The van der Waals surface area contributed by atoms with Crippen molar-refractivity contribution in [1.82, 2.24) is 0 Å². The van der Waals surface area contributed by atoms with Crippen LogP contribution in [0.4, 0.5) is 0 Å². The van der Waals surface area contributed by atoms with Crippen molar-refractivity contribution in [3.63, 3.8) is 0 Å². The Balaban J connectivity index is 2.15. The summed E-state index contributed by atoms with van der Waals surface area (Å²) in [6.07, 6.45) is 2.81. The predicted molar refractivity (Wildman–Crippen MR) is 41.8 cm³/mol. The van der Waals surface area contributed by atoms with Crippen molar-refractivity contribution in [2.75, 3.05) is 0 Å². The number of hydrogen-bond acceptors (Lipinski definition) is 2. The van der Waals surface area contributed by atoms with E-state index in [1.54, 1.807) is 0 Å². The van der Waals surface area contributed by atoms with Crippen LogP contribution in [0.5, 0.6) is 0 Å². The summed E-state index contributed by atoms with van der Waals surface area (Å²) in [6, 6.07) is 0. The molecule has 2 N–H and O–H groups in total. The molecule has 0 saturated heterocycles. The van der Waals surface area contributed by atoms with E-state index in [0.717, 1.165) is 12.8 Å². The van der Waals surface area contributed by atoms with E-state index in [1.807, 2.05) is 0 Å². The predicted octanol–water partition coefficient (Wildman–Crippen LogP) is 1.29. The Morgan fingerprint density at radius 1 is 1.50 bits per heavy atom. The van der Waals surface area contributed by atoms with E-state index < -0.39 is 0 Å². The maximum atomic E-state index is 5.81. The molecule has 1 rings (SSSR count). The lowest BCUT2D eigenvalue weighted by Gasteiger charge is -2.42. The highest BCUT2D eigenvalue weighted by molar-refractivity contribution is 4.95. The van der Waals surface area contributed by atoms with Crippen LogP contribution in [-0.2, 0) is 4.74 Å². The van der Waals surface area contributed by atoms with Crippen molar-refractivity contribution < 1.29 is 4.74 Å². The minimum atomic E-state index is 0.0551. The molecule has 0 aromatic rings. The van der Waals surface area contributed by atoms with Gasteiger partial charge in [0, 0.05) is 5.54 Å². The van der Waals surface area contributed by atoms with Gasteiger partial charge in [0.2, 0.25) is 0 Å². The Kier molecular flexibility index (Phi) is 2.02. The van der Waals surface area contributed by atoms with Crippen LogP contribution >= 0.6 is 0 Å². The fourth-order valence-corrected chi connectivity index (χ4v) is 1.46. The molecular formula is C8H17NO. The van der Waals surface area contributed by atoms with Gasteiger partial charge in [-0.05, 0) is 33.6 Å². The molecule has 0 bridgehead atoms. The number of ether oxygens (including phenoxy) is 1. The van der Waals surface area contributed by atoms with Gasteiger partial charge in [0.25, 0.3) is 0 Å². The molecule has 0 atom stereocenters. The monoisotopic (exact) mass is 143 g/mol. The second-order valence-electron chi connectivity index (χ2n) is 3.87. The SMILES string of the molecule is CC(C)O[C@H]1C[C@](C)(N)C1. The van der Waals surface area contributed by atoms with E-state index in [0.29, 0.717) is 12.2 Å². The third-order valence-electron chi connectivity index (χ3n) is 1.85. The Hall–Kier alpha value is -0.0800. The van der Waals surface area contributed by atoms with Crippen molar-refractivity contribution in [3.05, 3.63) is 0 Å². The van der Waals surface area contributed by atoms with Crippen LogP contribution < -0.4 is 5.73 Å². The Bertz CT molecular complexity index is 110. The van der Waals surface area contributed by atoms with Crippen LogP contribution in [-0.4, -0.2) is 17.7 Å². The number of nitrogens with two attached hydrogens (primary N) is 1.